The number of fused-ring (bicyclic) bond motifs is 3. The van der Waals surface area contributed by atoms with Crippen LogP contribution in [0.5, 0.6) is 11.5 Å². The van der Waals surface area contributed by atoms with Gasteiger partial charge in [-0.1, -0.05) is 19.4 Å². The predicted molar refractivity (Wildman–Crippen MR) is 98.9 cm³/mol. The molecule has 142 valence electrons. The zero-order valence-electron chi connectivity index (χ0n) is 15.9. The van der Waals surface area contributed by atoms with Gasteiger partial charge in [0.15, 0.2) is 0 Å². The maximum absolute atomic E-state index is 11.6. The van der Waals surface area contributed by atoms with Crippen LogP contribution < -0.4 is 4.74 Å². The molecular weight excluding hydrogens is 332 g/mol. The van der Waals surface area contributed by atoms with Gasteiger partial charge in [0.05, 0.1) is 7.11 Å². The highest BCUT2D eigenvalue weighted by Crippen LogP contribution is 2.56. The van der Waals surface area contributed by atoms with Crippen molar-refractivity contribution in [3.8, 4) is 11.5 Å². The molecule has 0 saturated heterocycles. The maximum atomic E-state index is 11.6. The summed E-state index contributed by atoms with van der Waals surface area (Å²) in [5, 5.41) is 29.9. The van der Waals surface area contributed by atoms with E-state index < -0.39 is 5.97 Å². The fourth-order valence-corrected chi connectivity index (χ4v) is 5.15. The van der Waals surface area contributed by atoms with E-state index in [4.69, 9.17) is 4.74 Å². The van der Waals surface area contributed by atoms with Crippen molar-refractivity contribution in [3.05, 3.63) is 33.9 Å². The van der Waals surface area contributed by atoms with E-state index in [1.165, 1.54) is 0 Å². The molecule has 2 aliphatic carbocycles. The van der Waals surface area contributed by atoms with E-state index in [-0.39, 0.29) is 29.6 Å². The van der Waals surface area contributed by atoms with Gasteiger partial charge in [0.2, 0.25) is 0 Å². The molecule has 1 aromatic rings. The molecule has 2 aliphatic rings. The van der Waals surface area contributed by atoms with Gasteiger partial charge in [-0.25, -0.2) is 4.79 Å². The Labute approximate surface area is 154 Å². The van der Waals surface area contributed by atoms with Gasteiger partial charge in [-0.15, -0.1) is 0 Å². The van der Waals surface area contributed by atoms with E-state index in [0.29, 0.717) is 18.4 Å². The van der Waals surface area contributed by atoms with Crippen molar-refractivity contribution in [2.45, 2.75) is 57.8 Å². The Morgan fingerprint density at radius 2 is 2.12 bits per heavy atom. The van der Waals surface area contributed by atoms with Crippen LogP contribution in [0.15, 0.2) is 17.2 Å². The van der Waals surface area contributed by atoms with Crippen molar-refractivity contribution in [1.82, 2.24) is 0 Å². The summed E-state index contributed by atoms with van der Waals surface area (Å²) in [4.78, 5) is 11.6. The number of ether oxygens (including phenoxy) is 1. The smallest absolute Gasteiger partial charge is 0.331 e. The van der Waals surface area contributed by atoms with Crippen molar-refractivity contribution < 1.29 is 24.9 Å². The van der Waals surface area contributed by atoms with Gasteiger partial charge >= 0.3 is 5.97 Å². The highest BCUT2D eigenvalue weighted by Gasteiger charge is 2.47. The molecule has 3 atom stereocenters. The summed E-state index contributed by atoms with van der Waals surface area (Å²) in [5.41, 5.74) is 3.87. The average molecular weight is 360 g/mol. The van der Waals surface area contributed by atoms with Crippen LogP contribution in [-0.4, -0.2) is 35.0 Å². The molecule has 26 heavy (non-hydrogen) atoms. The van der Waals surface area contributed by atoms with Crippen LogP contribution in [0.4, 0.5) is 0 Å². The summed E-state index contributed by atoms with van der Waals surface area (Å²) in [6, 6.07) is 1.72. The number of aromatic hydroxyl groups is 1. The molecule has 0 bridgehead atoms. The summed E-state index contributed by atoms with van der Waals surface area (Å²) >= 11 is 0. The molecule has 0 saturated carbocycles. The molecule has 0 amide bonds. The van der Waals surface area contributed by atoms with Crippen molar-refractivity contribution >= 4 is 5.97 Å². The molecule has 0 fully saturated rings. The van der Waals surface area contributed by atoms with Crippen LogP contribution in [0.1, 0.15) is 62.6 Å². The lowest BCUT2D eigenvalue weighted by Gasteiger charge is -2.48. The Balaban J connectivity index is 2.20. The van der Waals surface area contributed by atoms with E-state index in [0.717, 1.165) is 40.9 Å². The predicted octanol–water partition coefficient (Wildman–Crippen LogP) is 3.51. The standard InChI is InChI=1S/C21H28O5/c1-11(10-22)15-9-17(23)18-14(19(15)26-4)5-6-16-12(2)13(20(24)25)7-8-21(16,18)3/h9,11,16,22-23H,5-8,10H2,1-4H3,(H,24,25)/t11-,16+,21-/m1/s1. The summed E-state index contributed by atoms with van der Waals surface area (Å²) in [7, 11) is 1.63. The van der Waals surface area contributed by atoms with Gasteiger partial charge < -0.3 is 20.1 Å². The molecule has 5 heteroatoms. The number of benzene rings is 1. The Bertz CT molecular complexity index is 779. The largest absolute Gasteiger partial charge is 0.508 e. The lowest BCUT2D eigenvalue weighted by molar-refractivity contribution is -0.133. The summed E-state index contributed by atoms with van der Waals surface area (Å²) in [6.07, 6.45) is 2.75. The molecule has 0 unspecified atom stereocenters. The molecule has 0 spiro atoms. The minimum Gasteiger partial charge on any atom is -0.508 e. The van der Waals surface area contributed by atoms with Gasteiger partial charge in [-0.2, -0.15) is 0 Å². The van der Waals surface area contributed by atoms with Gasteiger partial charge in [0.25, 0.3) is 0 Å². The minimum atomic E-state index is -0.829. The first kappa shape index (κ1) is 18.8. The molecule has 0 aromatic heterocycles. The van der Waals surface area contributed by atoms with Crippen LogP contribution in [-0.2, 0) is 16.6 Å². The third-order valence-corrected chi connectivity index (χ3v) is 6.57. The van der Waals surface area contributed by atoms with Crippen LogP contribution in [0, 0.1) is 5.92 Å². The molecule has 0 radical (unpaired) electrons. The molecule has 3 rings (SSSR count). The van der Waals surface area contributed by atoms with Crippen molar-refractivity contribution in [2.75, 3.05) is 13.7 Å². The lowest BCUT2D eigenvalue weighted by atomic mass is 9.56. The number of hydrogen-bond donors (Lipinski definition) is 3. The fourth-order valence-electron chi connectivity index (χ4n) is 5.15. The molecule has 5 nitrogen and oxygen atoms in total. The lowest BCUT2D eigenvalue weighted by Crippen LogP contribution is -2.41. The van der Waals surface area contributed by atoms with Crippen molar-refractivity contribution in [3.63, 3.8) is 0 Å². The first-order valence-corrected chi connectivity index (χ1v) is 9.23. The number of hydrogen-bond acceptors (Lipinski definition) is 4. The van der Waals surface area contributed by atoms with E-state index in [1.807, 2.05) is 13.8 Å². The number of methoxy groups -OCH3 is 1. The topological polar surface area (TPSA) is 87.0 Å². The zero-order chi connectivity index (χ0) is 19.2. The number of allylic oxidation sites excluding steroid dienone is 1. The highest BCUT2D eigenvalue weighted by molar-refractivity contribution is 5.88. The number of carbonyl (C=O) groups is 1. The van der Waals surface area contributed by atoms with Crippen molar-refractivity contribution in [2.24, 2.45) is 5.92 Å². The molecule has 0 heterocycles. The highest BCUT2D eigenvalue weighted by atomic mass is 16.5. The monoisotopic (exact) mass is 360 g/mol. The average Bonchev–Trinajstić information content (AvgIpc) is 2.59. The van der Waals surface area contributed by atoms with E-state index in [1.54, 1.807) is 13.2 Å². The Kier molecular flexibility index (Phi) is 4.78. The molecule has 0 aliphatic heterocycles. The van der Waals surface area contributed by atoms with Gasteiger partial charge in [0, 0.05) is 40.2 Å². The number of carboxylic acid groups (broad SMARTS) is 1. The number of aliphatic hydroxyl groups is 1. The van der Waals surface area contributed by atoms with Gasteiger partial charge in [-0.05, 0) is 44.6 Å². The van der Waals surface area contributed by atoms with Crippen molar-refractivity contribution in [1.29, 1.82) is 0 Å². The Morgan fingerprint density at radius 3 is 2.69 bits per heavy atom. The molecular formula is C21H28O5. The molecule has 1 aromatic carbocycles. The number of aliphatic carboxylic acids is 1. The van der Waals surface area contributed by atoms with Crippen LogP contribution in [0.2, 0.25) is 0 Å². The van der Waals surface area contributed by atoms with Gasteiger partial charge in [0.1, 0.15) is 11.5 Å². The minimum absolute atomic E-state index is 0.0156. The second-order valence-electron chi connectivity index (χ2n) is 7.93. The zero-order valence-corrected chi connectivity index (χ0v) is 15.9. The summed E-state index contributed by atoms with van der Waals surface area (Å²) < 4.78 is 5.70. The number of phenols is 1. The number of carboxylic acids is 1. The third kappa shape index (κ3) is 2.60. The summed E-state index contributed by atoms with van der Waals surface area (Å²) in [5.74, 6) is 0.133. The molecule has 3 N–H and O–H groups in total. The number of rotatable bonds is 4. The van der Waals surface area contributed by atoms with Crippen LogP contribution in [0.25, 0.3) is 0 Å². The number of aliphatic hydroxyl groups excluding tert-OH is 1. The van der Waals surface area contributed by atoms with E-state index in [9.17, 15) is 20.1 Å². The second-order valence-corrected chi connectivity index (χ2v) is 7.93. The fraction of sp³-hybridized carbons (Fsp3) is 0.571. The van der Waals surface area contributed by atoms with E-state index >= 15 is 0 Å². The quantitative estimate of drug-likeness (QED) is 0.765. The number of phenolic OH excluding ortho intramolecular Hbond substituents is 1. The Morgan fingerprint density at radius 1 is 1.42 bits per heavy atom. The van der Waals surface area contributed by atoms with Gasteiger partial charge in [-0.3, -0.25) is 0 Å². The first-order valence-electron chi connectivity index (χ1n) is 9.23. The van der Waals surface area contributed by atoms with E-state index in [2.05, 4.69) is 6.92 Å². The summed E-state index contributed by atoms with van der Waals surface area (Å²) in [6.45, 7) is 5.95. The van der Waals surface area contributed by atoms with Crippen LogP contribution >= 0.6 is 0 Å². The van der Waals surface area contributed by atoms with Crippen LogP contribution in [0.3, 0.4) is 0 Å². The maximum Gasteiger partial charge on any atom is 0.331 e. The Hall–Kier alpha value is -2.01. The normalized spacial score (nSPS) is 26.1. The first-order chi connectivity index (χ1) is 12.3. The second kappa shape index (κ2) is 6.62. The SMILES string of the molecule is COc1c([C@H](C)CO)cc(O)c2c1CC[C@H]1C(C)=C(C(=O)O)CC[C@@]21C. The third-order valence-electron chi connectivity index (χ3n) is 6.57.